The summed E-state index contributed by atoms with van der Waals surface area (Å²) in [5, 5.41) is 21.9. The highest BCUT2D eigenvalue weighted by Crippen LogP contribution is 2.24. The molecule has 2 rings (SSSR count). The number of carbonyl (C=O) groups is 2. The van der Waals surface area contributed by atoms with Crippen molar-refractivity contribution < 1.29 is 24.5 Å². The van der Waals surface area contributed by atoms with E-state index in [4.69, 9.17) is 9.84 Å². The summed E-state index contributed by atoms with van der Waals surface area (Å²) in [5.74, 6) is -1.68. The number of likely N-dealkylation sites (N-methyl/N-ethyl adjacent to an activating group) is 1. The number of carboxylic acid groups (broad SMARTS) is 1. The number of carboxylic acids is 1. The lowest BCUT2D eigenvalue weighted by molar-refractivity contribution is -0.150. The van der Waals surface area contributed by atoms with E-state index >= 15 is 0 Å². The number of nitrogens with zero attached hydrogens (tertiary/aromatic N) is 1. The molecule has 4 atom stereocenters. The summed E-state index contributed by atoms with van der Waals surface area (Å²) in [4.78, 5) is 24.8. The number of carbonyl (C=O) groups excluding carboxylic acids is 1. The molecular formula is C12H20N2O5. The number of amides is 1. The number of aliphatic hydroxyl groups excluding tert-OH is 1. The highest BCUT2D eigenvalue weighted by Gasteiger charge is 2.44. The van der Waals surface area contributed by atoms with Crippen molar-refractivity contribution in [1.29, 1.82) is 0 Å². The number of ether oxygens (including phenoxy) is 1. The van der Waals surface area contributed by atoms with Crippen LogP contribution < -0.4 is 5.32 Å². The van der Waals surface area contributed by atoms with Gasteiger partial charge in [0.05, 0.1) is 25.2 Å². The average molecular weight is 272 g/mol. The number of hydrogen-bond donors (Lipinski definition) is 3. The van der Waals surface area contributed by atoms with Crippen LogP contribution in [0.5, 0.6) is 0 Å². The number of aliphatic hydroxyl groups is 1. The molecule has 7 nitrogen and oxygen atoms in total. The van der Waals surface area contributed by atoms with Crippen LogP contribution in [-0.2, 0) is 14.3 Å². The third-order valence-corrected chi connectivity index (χ3v) is 3.71. The number of aliphatic carboxylic acids is 1. The Morgan fingerprint density at radius 1 is 1.42 bits per heavy atom. The van der Waals surface area contributed by atoms with Gasteiger partial charge in [0.15, 0.2) is 0 Å². The quantitative estimate of drug-likeness (QED) is 0.585. The van der Waals surface area contributed by atoms with E-state index in [1.54, 1.807) is 0 Å². The van der Waals surface area contributed by atoms with Gasteiger partial charge in [0.1, 0.15) is 6.04 Å². The first kappa shape index (κ1) is 14.2. The lowest BCUT2D eigenvalue weighted by Gasteiger charge is -2.26. The van der Waals surface area contributed by atoms with Gasteiger partial charge in [-0.05, 0) is 6.54 Å². The first-order valence-corrected chi connectivity index (χ1v) is 6.57. The van der Waals surface area contributed by atoms with Gasteiger partial charge in [0.25, 0.3) is 0 Å². The van der Waals surface area contributed by atoms with Crippen LogP contribution in [0, 0.1) is 5.92 Å². The summed E-state index contributed by atoms with van der Waals surface area (Å²) in [6.07, 6.45) is -0.662. The van der Waals surface area contributed by atoms with Crippen LogP contribution in [-0.4, -0.2) is 71.5 Å². The van der Waals surface area contributed by atoms with E-state index in [2.05, 4.69) is 5.32 Å². The molecule has 7 heteroatoms. The largest absolute Gasteiger partial charge is 0.480 e. The maximum Gasteiger partial charge on any atom is 0.326 e. The Balaban J connectivity index is 2.07. The van der Waals surface area contributed by atoms with Crippen molar-refractivity contribution in [2.24, 2.45) is 5.92 Å². The van der Waals surface area contributed by atoms with Crippen molar-refractivity contribution in [3.05, 3.63) is 0 Å². The molecule has 2 saturated heterocycles. The zero-order chi connectivity index (χ0) is 14.0. The second kappa shape index (κ2) is 5.85. The van der Waals surface area contributed by atoms with Crippen LogP contribution in [0.4, 0.5) is 0 Å². The van der Waals surface area contributed by atoms with E-state index in [1.807, 2.05) is 6.92 Å². The molecule has 0 spiro atoms. The molecule has 108 valence electrons. The van der Waals surface area contributed by atoms with Gasteiger partial charge < -0.3 is 25.2 Å². The first-order chi connectivity index (χ1) is 9.04. The molecule has 2 fully saturated rings. The molecule has 19 heavy (non-hydrogen) atoms. The Hall–Kier alpha value is -1.18. The number of nitrogens with one attached hydrogen (secondary N) is 1. The summed E-state index contributed by atoms with van der Waals surface area (Å²) in [6.45, 7) is 3.52. The number of rotatable bonds is 4. The van der Waals surface area contributed by atoms with E-state index in [0.29, 0.717) is 13.2 Å². The Labute approximate surface area is 111 Å². The monoisotopic (exact) mass is 272 g/mol. The van der Waals surface area contributed by atoms with Crippen molar-refractivity contribution in [3.8, 4) is 0 Å². The van der Waals surface area contributed by atoms with Crippen LogP contribution in [0.1, 0.15) is 13.3 Å². The molecule has 0 radical (unpaired) electrons. The summed E-state index contributed by atoms with van der Waals surface area (Å²) in [5.41, 5.74) is 0. The van der Waals surface area contributed by atoms with Crippen molar-refractivity contribution in [1.82, 2.24) is 10.2 Å². The number of likely N-dealkylation sites (tertiary alicyclic amines) is 1. The van der Waals surface area contributed by atoms with E-state index in [0.717, 1.165) is 6.54 Å². The highest BCUT2D eigenvalue weighted by atomic mass is 16.5. The molecule has 2 heterocycles. The summed E-state index contributed by atoms with van der Waals surface area (Å²) in [7, 11) is 0. The molecule has 0 bridgehead atoms. The van der Waals surface area contributed by atoms with Gasteiger partial charge in [-0.1, -0.05) is 6.92 Å². The van der Waals surface area contributed by atoms with Crippen LogP contribution in [0.2, 0.25) is 0 Å². The predicted octanol–water partition coefficient (Wildman–Crippen LogP) is -1.34. The Kier molecular flexibility index (Phi) is 4.38. The van der Waals surface area contributed by atoms with Crippen LogP contribution in [0.3, 0.4) is 0 Å². The van der Waals surface area contributed by atoms with Gasteiger partial charge in [-0.15, -0.1) is 0 Å². The van der Waals surface area contributed by atoms with Crippen molar-refractivity contribution in [2.45, 2.75) is 31.5 Å². The molecule has 0 saturated carbocycles. The zero-order valence-corrected chi connectivity index (χ0v) is 10.9. The molecule has 1 amide bonds. The molecule has 3 N–H and O–H groups in total. The van der Waals surface area contributed by atoms with Crippen LogP contribution in [0.15, 0.2) is 0 Å². The van der Waals surface area contributed by atoms with Crippen LogP contribution >= 0.6 is 0 Å². The van der Waals surface area contributed by atoms with E-state index < -0.39 is 18.1 Å². The summed E-state index contributed by atoms with van der Waals surface area (Å²) < 4.78 is 5.31. The van der Waals surface area contributed by atoms with Crippen molar-refractivity contribution in [2.75, 3.05) is 26.3 Å². The summed E-state index contributed by atoms with van der Waals surface area (Å²) in [6, 6.07) is -1.00. The van der Waals surface area contributed by atoms with E-state index in [1.165, 1.54) is 4.90 Å². The Morgan fingerprint density at radius 3 is 2.79 bits per heavy atom. The third kappa shape index (κ3) is 2.88. The molecule has 2 aliphatic heterocycles. The SMILES string of the molecule is CCNC1COCC1C(=O)N1C[C@H](O)C[C@H]1C(=O)O. The maximum absolute atomic E-state index is 12.4. The molecule has 0 aliphatic carbocycles. The van der Waals surface area contributed by atoms with Gasteiger partial charge in [-0.25, -0.2) is 4.79 Å². The molecule has 2 aliphatic rings. The topological polar surface area (TPSA) is 99.1 Å². The zero-order valence-electron chi connectivity index (χ0n) is 10.9. The standard InChI is InChI=1S/C12H20N2O5/c1-2-13-9-6-19-5-8(9)11(16)14-4-7(15)3-10(14)12(17)18/h7-10,13,15H,2-6H2,1H3,(H,17,18)/t7-,8?,9?,10+/m1/s1. The van der Waals surface area contributed by atoms with Crippen molar-refractivity contribution >= 4 is 11.9 Å². The fourth-order valence-electron chi connectivity index (χ4n) is 2.77. The minimum Gasteiger partial charge on any atom is -0.480 e. The van der Waals surface area contributed by atoms with Gasteiger partial charge in [0.2, 0.25) is 5.91 Å². The van der Waals surface area contributed by atoms with Gasteiger partial charge in [-0.2, -0.15) is 0 Å². The fourth-order valence-corrected chi connectivity index (χ4v) is 2.77. The minimum atomic E-state index is -1.07. The van der Waals surface area contributed by atoms with Gasteiger partial charge in [-0.3, -0.25) is 4.79 Å². The highest BCUT2D eigenvalue weighted by molar-refractivity contribution is 5.86. The normalized spacial score (nSPS) is 34.7. The van der Waals surface area contributed by atoms with Gasteiger partial charge >= 0.3 is 5.97 Å². The lowest BCUT2D eigenvalue weighted by atomic mass is 10.0. The predicted molar refractivity (Wildman–Crippen MR) is 65.5 cm³/mol. The molecular weight excluding hydrogens is 252 g/mol. The van der Waals surface area contributed by atoms with Gasteiger partial charge in [0, 0.05) is 19.0 Å². The Morgan fingerprint density at radius 2 is 2.16 bits per heavy atom. The van der Waals surface area contributed by atoms with Crippen LogP contribution in [0.25, 0.3) is 0 Å². The lowest BCUT2D eigenvalue weighted by Crippen LogP contribution is -2.49. The van der Waals surface area contributed by atoms with Crippen molar-refractivity contribution in [3.63, 3.8) is 0 Å². The summed E-state index contributed by atoms with van der Waals surface area (Å²) >= 11 is 0. The average Bonchev–Trinajstić information content (AvgIpc) is 2.95. The first-order valence-electron chi connectivity index (χ1n) is 6.57. The minimum absolute atomic E-state index is 0.0790. The molecule has 0 aromatic carbocycles. The fraction of sp³-hybridized carbons (Fsp3) is 0.833. The molecule has 0 aromatic heterocycles. The number of hydrogen-bond acceptors (Lipinski definition) is 5. The molecule has 2 unspecified atom stereocenters. The Bertz CT molecular complexity index is 362. The second-order valence-electron chi connectivity index (χ2n) is 5.04. The van der Waals surface area contributed by atoms with E-state index in [9.17, 15) is 14.7 Å². The second-order valence-corrected chi connectivity index (χ2v) is 5.04. The molecule has 0 aromatic rings. The third-order valence-electron chi connectivity index (χ3n) is 3.71. The number of β-amino-alcohol motifs (C(OH)–C–C–N with tert-alkyl or cyclic N) is 1. The van der Waals surface area contributed by atoms with E-state index in [-0.39, 0.29) is 30.8 Å². The smallest absolute Gasteiger partial charge is 0.326 e. The maximum atomic E-state index is 12.4.